The number of rotatable bonds is 4. The van der Waals surface area contributed by atoms with Gasteiger partial charge in [-0.3, -0.25) is 0 Å². The van der Waals surface area contributed by atoms with Crippen LogP contribution in [0.15, 0.2) is 66.7 Å². The van der Waals surface area contributed by atoms with Crippen LogP contribution in [-0.4, -0.2) is 7.85 Å². The van der Waals surface area contributed by atoms with Gasteiger partial charge in [-0.15, -0.1) is 0 Å². The van der Waals surface area contributed by atoms with Gasteiger partial charge in [-0.1, -0.05) is 105 Å². The van der Waals surface area contributed by atoms with Crippen LogP contribution in [0.5, 0.6) is 0 Å². The quantitative estimate of drug-likeness (QED) is 0.519. The Labute approximate surface area is 159 Å². The Morgan fingerprint density at radius 3 is 1.96 bits per heavy atom. The van der Waals surface area contributed by atoms with Gasteiger partial charge < -0.3 is 0 Å². The molecule has 3 rings (SSSR count). The molecule has 0 aromatic heterocycles. The van der Waals surface area contributed by atoms with Crippen molar-refractivity contribution in [3.63, 3.8) is 0 Å². The molecule has 26 heavy (non-hydrogen) atoms. The van der Waals surface area contributed by atoms with Gasteiger partial charge in [0.1, 0.15) is 7.85 Å². The molecule has 3 aromatic carbocycles. The van der Waals surface area contributed by atoms with E-state index in [9.17, 15) is 0 Å². The fourth-order valence-corrected chi connectivity index (χ4v) is 3.91. The van der Waals surface area contributed by atoms with Gasteiger partial charge in [-0.25, -0.2) is 0 Å². The highest BCUT2D eigenvalue weighted by atomic mass is 14.3. The summed E-state index contributed by atoms with van der Waals surface area (Å²) >= 11 is 0. The van der Waals surface area contributed by atoms with Crippen LogP contribution in [0.2, 0.25) is 0 Å². The zero-order chi connectivity index (χ0) is 18.9. The van der Waals surface area contributed by atoms with Crippen molar-refractivity contribution < 1.29 is 0 Å². The first-order chi connectivity index (χ1) is 12.3. The summed E-state index contributed by atoms with van der Waals surface area (Å²) in [6.45, 7) is 11.1. The fraction of sp³-hybridized carbons (Fsp3) is 0.280. The van der Waals surface area contributed by atoms with Crippen molar-refractivity contribution in [2.75, 3.05) is 0 Å². The van der Waals surface area contributed by atoms with E-state index in [2.05, 4.69) is 101 Å². The Morgan fingerprint density at radius 2 is 1.31 bits per heavy atom. The molecule has 0 heterocycles. The Balaban J connectivity index is 2.22. The van der Waals surface area contributed by atoms with Gasteiger partial charge in [0.15, 0.2) is 0 Å². The summed E-state index contributed by atoms with van der Waals surface area (Å²) in [6.07, 6.45) is 0. The summed E-state index contributed by atoms with van der Waals surface area (Å²) in [6, 6.07) is 23.8. The highest BCUT2D eigenvalue weighted by molar-refractivity contribution is 6.34. The molecule has 0 saturated carbocycles. The van der Waals surface area contributed by atoms with Crippen molar-refractivity contribution in [2.24, 2.45) is 0 Å². The van der Waals surface area contributed by atoms with Gasteiger partial charge in [-0.05, 0) is 40.7 Å². The average Bonchev–Trinajstić information content (AvgIpc) is 2.62. The van der Waals surface area contributed by atoms with Crippen LogP contribution in [-0.2, 0) is 5.41 Å². The lowest BCUT2D eigenvalue weighted by Gasteiger charge is -2.32. The molecular weight excluding hydrogens is 311 g/mol. The maximum atomic E-state index is 6.63. The molecule has 0 N–H and O–H groups in total. The summed E-state index contributed by atoms with van der Waals surface area (Å²) in [4.78, 5) is 0. The minimum atomic E-state index is -0.187. The topological polar surface area (TPSA) is 0 Å². The third-order valence-electron chi connectivity index (χ3n) is 5.47. The summed E-state index contributed by atoms with van der Waals surface area (Å²) in [5, 5.41) is 0. The predicted octanol–water partition coefficient (Wildman–Crippen LogP) is 5.91. The van der Waals surface area contributed by atoms with Crippen LogP contribution in [0.1, 0.15) is 55.9 Å². The van der Waals surface area contributed by atoms with E-state index in [0.29, 0.717) is 5.92 Å². The fourth-order valence-electron chi connectivity index (χ4n) is 3.91. The molecule has 0 saturated heterocycles. The molecule has 0 bridgehead atoms. The van der Waals surface area contributed by atoms with E-state index in [1.165, 1.54) is 33.4 Å². The molecule has 1 heteroatoms. The summed E-state index contributed by atoms with van der Waals surface area (Å²) in [5.74, 6) is 0.414. The third kappa shape index (κ3) is 3.23. The lowest BCUT2D eigenvalue weighted by molar-refractivity contribution is 0.645. The van der Waals surface area contributed by atoms with Gasteiger partial charge >= 0.3 is 0 Å². The minimum absolute atomic E-state index is 0.187. The van der Waals surface area contributed by atoms with Gasteiger partial charge in [0.05, 0.1) is 0 Å². The zero-order valence-corrected chi connectivity index (χ0v) is 16.5. The van der Waals surface area contributed by atoms with Gasteiger partial charge in [0.25, 0.3) is 0 Å². The monoisotopic (exact) mass is 338 g/mol. The van der Waals surface area contributed by atoms with Crippen molar-refractivity contribution >= 4 is 13.3 Å². The minimum Gasteiger partial charge on any atom is -0.0893 e. The van der Waals surface area contributed by atoms with Gasteiger partial charge in [0.2, 0.25) is 0 Å². The average molecular weight is 338 g/mol. The highest BCUT2D eigenvalue weighted by Crippen LogP contribution is 2.38. The molecule has 0 amide bonds. The summed E-state index contributed by atoms with van der Waals surface area (Å²) < 4.78 is 0. The molecular formula is C25H27B. The second-order valence-corrected chi connectivity index (χ2v) is 7.95. The van der Waals surface area contributed by atoms with Crippen molar-refractivity contribution in [2.45, 2.75) is 46.0 Å². The molecule has 0 aliphatic heterocycles. The van der Waals surface area contributed by atoms with Crippen LogP contribution >= 0.6 is 0 Å². The smallest absolute Gasteiger partial charge is 0.0893 e. The van der Waals surface area contributed by atoms with Crippen molar-refractivity contribution in [1.82, 2.24) is 0 Å². The summed E-state index contributed by atoms with van der Waals surface area (Å²) in [7, 11) is 6.63. The van der Waals surface area contributed by atoms with E-state index in [-0.39, 0.29) is 5.41 Å². The van der Waals surface area contributed by atoms with Crippen LogP contribution in [0, 0.1) is 6.92 Å². The number of benzene rings is 3. The van der Waals surface area contributed by atoms with E-state index < -0.39 is 0 Å². The number of hydrogen-bond donors (Lipinski definition) is 0. The maximum absolute atomic E-state index is 6.63. The first kappa shape index (κ1) is 18.5. The Morgan fingerprint density at radius 1 is 0.731 bits per heavy atom. The molecule has 0 spiro atoms. The van der Waals surface area contributed by atoms with Crippen molar-refractivity contribution in [1.29, 1.82) is 0 Å². The van der Waals surface area contributed by atoms with E-state index in [0.717, 1.165) is 5.46 Å². The molecule has 2 radical (unpaired) electrons. The van der Waals surface area contributed by atoms with Crippen molar-refractivity contribution in [3.05, 3.63) is 89.0 Å². The standard InChI is InChI=1S/C25H27B/c1-17(2)19-14-10-16-23(24(19)26)25(4,5)22-15-9-8-13-21(22)20-12-7-6-11-18(20)3/h6-17H,1-5H3. The lowest BCUT2D eigenvalue weighted by Crippen LogP contribution is -2.30. The van der Waals surface area contributed by atoms with E-state index in [4.69, 9.17) is 7.85 Å². The normalized spacial score (nSPS) is 11.8. The second-order valence-electron chi connectivity index (χ2n) is 7.95. The lowest BCUT2D eigenvalue weighted by atomic mass is 9.68. The van der Waals surface area contributed by atoms with Crippen molar-refractivity contribution in [3.8, 4) is 11.1 Å². The number of hydrogen-bond acceptors (Lipinski definition) is 0. The largest absolute Gasteiger partial charge is 0.114 e. The maximum Gasteiger partial charge on any atom is 0.114 e. The van der Waals surface area contributed by atoms with E-state index in [1.807, 2.05) is 0 Å². The SMILES string of the molecule is [B]c1c(C(C)C)cccc1C(C)(C)c1ccccc1-c1ccccc1C. The molecule has 0 unspecified atom stereocenters. The molecule has 0 aliphatic carbocycles. The number of aryl methyl sites for hydroxylation is 1. The van der Waals surface area contributed by atoms with Crippen LogP contribution < -0.4 is 5.46 Å². The first-order valence-electron chi connectivity index (χ1n) is 9.38. The second kappa shape index (κ2) is 7.15. The van der Waals surface area contributed by atoms with Crippen LogP contribution in [0.3, 0.4) is 0 Å². The molecule has 130 valence electrons. The zero-order valence-electron chi connectivity index (χ0n) is 16.5. The first-order valence-corrected chi connectivity index (χ1v) is 9.38. The molecule has 0 fully saturated rings. The molecule has 0 aliphatic rings. The molecule has 0 atom stereocenters. The van der Waals surface area contributed by atoms with Gasteiger partial charge in [0, 0.05) is 5.41 Å². The van der Waals surface area contributed by atoms with E-state index in [1.54, 1.807) is 0 Å². The Hall–Kier alpha value is -2.28. The van der Waals surface area contributed by atoms with Crippen LogP contribution in [0.25, 0.3) is 11.1 Å². The Bertz CT molecular complexity index is 919. The molecule has 0 nitrogen and oxygen atoms in total. The predicted molar refractivity (Wildman–Crippen MR) is 115 cm³/mol. The summed E-state index contributed by atoms with van der Waals surface area (Å²) in [5.41, 5.74) is 8.33. The van der Waals surface area contributed by atoms with Crippen LogP contribution in [0.4, 0.5) is 0 Å². The highest BCUT2D eigenvalue weighted by Gasteiger charge is 2.28. The Kier molecular flexibility index (Phi) is 5.09. The molecule has 3 aromatic rings. The van der Waals surface area contributed by atoms with Gasteiger partial charge in [-0.2, -0.15) is 0 Å². The third-order valence-corrected chi connectivity index (χ3v) is 5.47. The van der Waals surface area contributed by atoms with E-state index >= 15 is 0 Å².